The number of aliphatic imine (C=N–C) groups is 1. The maximum atomic E-state index is 11.6. The van der Waals surface area contributed by atoms with Gasteiger partial charge in [-0.25, -0.2) is 8.42 Å². The lowest BCUT2D eigenvalue weighted by atomic mass is 10.1. The number of thioether (sulfide) groups is 1. The fraction of sp³-hybridized carbons (Fsp3) is 0.450. The number of phenols is 1. The summed E-state index contributed by atoms with van der Waals surface area (Å²) < 4.78 is 31.4. The number of aromatic hydroxyl groups is 1. The van der Waals surface area contributed by atoms with E-state index in [9.17, 15) is 13.5 Å². The second-order valence-corrected chi connectivity index (χ2v) is 9.96. The number of guanidine groups is 1. The highest BCUT2D eigenvalue weighted by Crippen LogP contribution is 2.16. The average molecular weight is 455 g/mol. The summed E-state index contributed by atoms with van der Waals surface area (Å²) in [7, 11) is 0.573. The van der Waals surface area contributed by atoms with Crippen molar-refractivity contribution in [2.75, 3.05) is 39.2 Å². The third kappa shape index (κ3) is 10.0. The molecular formula is C20H30N4O4S2. The molecule has 0 atom stereocenters. The highest BCUT2D eigenvalue weighted by atomic mass is 32.2. The lowest BCUT2D eigenvalue weighted by Crippen LogP contribution is -2.41. The molecule has 0 saturated carbocycles. The zero-order valence-electron chi connectivity index (χ0n) is 17.6. The minimum atomic E-state index is -3.42. The summed E-state index contributed by atoms with van der Waals surface area (Å²) in [6.45, 7) is 1.76. The summed E-state index contributed by atoms with van der Waals surface area (Å²) in [5.41, 5.74) is 1.03. The monoisotopic (exact) mass is 454 g/mol. The van der Waals surface area contributed by atoms with Crippen LogP contribution >= 0.6 is 11.8 Å². The molecule has 3 N–H and O–H groups in total. The van der Waals surface area contributed by atoms with Crippen LogP contribution in [0.2, 0.25) is 0 Å². The molecule has 0 aliphatic rings. The maximum absolute atomic E-state index is 11.6. The fourth-order valence-electron chi connectivity index (χ4n) is 2.58. The zero-order valence-corrected chi connectivity index (χ0v) is 19.2. The van der Waals surface area contributed by atoms with Crippen molar-refractivity contribution in [3.8, 4) is 5.75 Å². The normalized spacial score (nSPS) is 12.3. The first-order valence-electron chi connectivity index (χ1n) is 9.55. The lowest BCUT2D eigenvalue weighted by Gasteiger charge is -2.11. The number of hydrogen-bond acceptors (Lipinski definition) is 7. The highest BCUT2D eigenvalue weighted by molar-refractivity contribution is 7.98. The molecule has 2 rings (SSSR count). The van der Waals surface area contributed by atoms with Gasteiger partial charge in [0.05, 0.1) is 25.1 Å². The van der Waals surface area contributed by atoms with E-state index < -0.39 is 10.0 Å². The van der Waals surface area contributed by atoms with Gasteiger partial charge in [0.15, 0.2) is 0 Å². The Morgan fingerprint density at radius 2 is 1.87 bits per heavy atom. The van der Waals surface area contributed by atoms with Crippen molar-refractivity contribution in [3.05, 3.63) is 53.5 Å². The van der Waals surface area contributed by atoms with Gasteiger partial charge < -0.3 is 19.7 Å². The first kappa shape index (κ1) is 24.1. The van der Waals surface area contributed by atoms with Crippen LogP contribution in [0.25, 0.3) is 0 Å². The Morgan fingerprint density at radius 1 is 1.17 bits per heavy atom. The van der Waals surface area contributed by atoms with Gasteiger partial charge in [-0.3, -0.25) is 9.71 Å². The van der Waals surface area contributed by atoms with E-state index in [1.807, 2.05) is 38.4 Å². The van der Waals surface area contributed by atoms with Crippen LogP contribution in [-0.2, 0) is 28.7 Å². The molecule has 0 amide bonds. The van der Waals surface area contributed by atoms with Crippen LogP contribution in [0.4, 0.5) is 0 Å². The van der Waals surface area contributed by atoms with Crippen LogP contribution in [0.15, 0.2) is 45.8 Å². The standard InChI is InChI=1S/C20H30N4O4S2/c1-24(2)14-18-8-9-19(28-18)15-29-13-12-22-20(23-30(3,26)27)21-11-10-16-4-6-17(25)7-5-16/h4-9,25H,10-15H2,1-3H3,(H2,21,22,23). The zero-order chi connectivity index (χ0) is 22.0. The molecule has 0 aliphatic heterocycles. The molecule has 10 heteroatoms. The summed E-state index contributed by atoms with van der Waals surface area (Å²) in [5, 5.41) is 12.4. The summed E-state index contributed by atoms with van der Waals surface area (Å²) >= 11 is 1.68. The highest BCUT2D eigenvalue weighted by Gasteiger charge is 2.07. The Kier molecular flexibility index (Phi) is 9.54. The number of hydrogen-bond donors (Lipinski definition) is 3. The van der Waals surface area contributed by atoms with Gasteiger partial charge in [0.1, 0.15) is 17.3 Å². The van der Waals surface area contributed by atoms with Crippen LogP contribution in [0.1, 0.15) is 17.1 Å². The molecule has 2 aromatic rings. The molecule has 0 saturated heterocycles. The number of rotatable bonds is 11. The van der Waals surface area contributed by atoms with Crippen molar-refractivity contribution < 1.29 is 17.9 Å². The Balaban J connectivity index is 1.77. The molecule has 0 unspecified atom stereocenters. The number of benzene rings is 1. The van der Waals surface area contributed by atoms with Crippen molar-refractivity contribution in [2.24, 2.45) is 4.99 Å². The van der Waals surface area contributed by atoms with Gasteiger partial charge in [-0.15, -0.1) is 0 Å². The Hall–Kier alpha value is -2.17. The SMILES string of the molecule is CN(C)Cc1ccc(CSCCN=C(NCCc2ccc(O)cc2)NS(C)(=O)=O)o1. The van der Waals surface area contributed by atoms with E-state index in [4.69, 9.17) is 4.42 Å². The second-order valence-electron chi connectivity index (χ2n) is 7.11. The maximum Gasteiger partial charge on any atom is 0.232 e. The summed E-state index contributed by atoms with van der Waals surface area (Å²) in [6, 6.07) is 10.9. The average Bonchev–Trinajstić information content (AvgIpc) is 3.08. The minimum absolute atomic E-state index is 0.216. The summed E-state index contributed by atoms with van der Waals surface area (Å²) in [5.74, 6) is 3.79. The smallest absolute Gasteiger partial charge is 0.232 e. The van der Waals surface area contributed by atoms with Crippen molar-refractivity contribution in [2.45, 2.75) is 18.7 Å². The van der Waals surface area contributed by atoms with Crippen LogP contribution in [0.3, 0.4) is 0 Å². The van der Waals surface area contributed by atoms with Crippen LogP contribution < -0.4 is 10.0 Å². The number of furan rings is 1. The van der Waals surface area contributed by atoms with E-state index in [0.29, 0.717) is 19.5 Å². The minimum Gasteiger partial charge on any atom is -0.508 e. The lowest BCUT2D eigenvalue weighted by molar-refractivity contribution is 0.344. The predicted molar refractivity (Wildman–Crippen MR) is 122 cm³/mol. The third-order valence-corrected chi connectivity index (χ3v) is 5.39. The molecule has 1 aromatic heterocycles. The van der Waals surface area contributed by atoms with Gasteiger partial charge in [0.2, 0.25) is 16.0 Å². The Morgan fingerprint density at radius 3 is 2.53 bits per heavy atom. The van der Waals surface area contributed by atoms with Gasteiger partial charge in [0.25, 0.3) is 0 Å². The molecule has 1 heterocycles. The van der Waals surface area contributed by atoms with Crippen LogP contribution in [0, 0.1) is 0 Å². The largest absolute Gasteiger partial charge is 0.508 e. The molecule has 1 aromatic carbocycles. The second kappa shape index (κ2) is 11.9. The molecule has 0 aliphatic carbocycles. The number of nitrogens with one attached hydrogen (secondary N) is 2. The molecular weight excluding hydrogens is 424 g/mol. The molecule has 166 valence electrons. The Bertz CT molecular complexity index is 909. The van der Waals surface area contributed by atoms with Crippen LogP contribution in [0.5, 0.6) is 5.75 Å². The van der Waals surface area contributed by atoms with Crippen LogP contribution in [-0.4, -0.2) is 63.6 Å². The van der Waals surface area contributed by atoms with E-state index in [0.717, 1.165) is 41.4 Å². The van der Waals surface area contributed by atoms with E-state index in [1.165, 1.54) is 0 Å². The first-order valence-corrected chi connectivity index (χ1v) is 12.6. The van der Waals surface area contributed by atoms with Gasteiger partial charge >= 0.3 is 0 Å². The predicted octanol–water partition coefficient (Wildman–Crippen LogP) is 2.02. The van der Waals surface area contributed by atoms with Gasteiger partial charge in [-0.1, -0.05) is 12.1 Å². The van der Waals surface area contributed by atoms with E-state index in [-0.39, 0.29) is 11.7 Å². The molecule has 0 radical (unpaired) electrons. The fourth-order valence-corrected chi connectivity index (χ4v) is 3.79. The molecule has 0 fully saturated rings. The third-order valence-electron chi connectivity index (χ3n) is 3.86. The van der Waals surface area contributed by atoms with E-state index >= 15 is 0 Å². The first-order chi connectivity index (χ1) is 14.2. The van der Waals surface area contributed by atoms with Crippen molar-refractivity contribution in [1.29, 1.82) is 0 Å². The molecule has 0 bridgehead atoms. The summed E-state index contributed by atoms with van der Waals surface area (Å²) in [4.78, 5) is 6.40. The van der Waals surface area contributed by atoms with Crippen molar-refractivity contribution in [3.63, 3.8) is 0 Å². The summed E-state index contributed by atoms with van der Waals surface area (Å²) in [6.07, 6.45) is 1.77. The molecule has 0 spiro atoms. The quantitative estimate of drug-likeness (QED) is 0.271. The van der Waals surface area contributed by atoms with Gasteiger partial charge in [-0.2, -0.15) is 11.8 Å². The van der Waals surface area contributed by atoms with E-state index in [2.05, 4.69) is 19.9 Å². The number of nitrogens with zero attached hydrogens (tertiary/aromatic N) is 2. The van der Waals surface area contributed by atoms with Gasteiger partial charge in [-0.05, 0) is 50.3 Å². The molecule has 8 nitrogen and oxygen atoms in total. The Labute approximate surface area is 182 Å². The topological polar surface area (TPSA) is 107 Å². The van der Waals surface area contributed by atoms with Crippen molar-refractivity contribution in [1.82, 2.24) is 14.9 Å². The van der Waals surface area contributed by atoms with Crippen molar-refractivity contribution >= 4 is 27.7 Å². The number of phenolic OH excluding ortho intramolecular Hbond substituents is 1. The van der Waals surface area contributed by atoms with Gasteiger partial charge in [0, 0.05) is 12.3 Å². The molecule has 30 heavy (non-hydrogen) atoms. The number of sulfonamides is 1. The van der Waals surface area contributed by atoms with E-state index in [1.54, 1.807) is 23.9 Å².